The number of carbonyl (C=O) groups is 1. The second kappa shape index (κ2) is 7.77. The van der Waals surface area contributed by atoms with Crippen LogP contribution in [-0.2, 0) is 22.6 Å². The number of aromatic nitrogens is 2. The van der Waals surface area contributed by atoms with E-state index in [1.165, 1.54) is 24.3 Å². The van der Waals surface area contributed by atoms with Gasteiger partial charge in [-0.2, -0.15) is 0 Å². The molecule has 0 atom stereocenters. The Hall–Kier alpha value is -3.55. The minimum Gasteiger partial charge on any atom is -0.455 e. The van der Waals surface area contributed by atoms with Crippen molar-refractivity contribution < 1.29 is 18.9 Å². The molecule has 1 aromatic heterocycles. The molecule has 8 nitrogen and oxygen atoms in total. The number of non-ortho nitro benzene ring substituents is 1. The highest BCUT2D eigenvalue weighted by Crippen LogP contribution is 2.21. The predicted octanol–water partition coefficient (Wildman–Crippen LogP) is 3.55. The number of ether oxygens (including phenoxy) is 1. The maximum absolute atomic E-state index is 12.0. The zero-order valence-electron chi connectivity index (χ0n) is 14.8. The third-order valence-corrected chi connectivity index (χ3v) is 4.07. The van der Waals surface area contributed by atoms with E-state index in [0.29, 0.717) is 5.56 Å². The Morgan fingerprint density at radius 2 is 1.85 bits per heavy atom. The van der Waals surface area contributed by atoms with Crippen LogP contribution in [0.25, 0.3) is 11.5 Å². The summed E-state index contributed by atoms with van der Waals surface area (Å²) in [6.07, 6.45) is 0.157. The molecule has 2 aromatic carbocycles. The second-order valence-corrected chi connectivity index (χ2v) is 6.06. The molecular weight excluding hydrogens is 350 g/mol. The summed E-state index contributed by atoms with van der Waals surface area (Å²) in [6.45, 7) is 3.86. The molecule has 0 N–H and O–H groups in total. The van der Waals surface area contributed by atoms with Crippen LogP contribution in [0.5, 0.6) is 0 Å². The van der Waals surface area contributed by atoms with Crippen molar-refractivity contribution in [1.82, 2.24) is 10.2 Å². The number of nitrogens with zero attached hydrogens (tertiary/aromatic N) is 3. The molecule has 138 valence electrons. The summed E-state index contributed by atoms with van der Waals surface area (Å²) < 4.78 is 10.6. The van der Waals surface area contributed by atoms with Gasteiger partial charge in [0.1, 0.15) is 0 Å². The molecule has 3 rings (SSSR count). The molecule has 0 fully saturated rings. The zero-order chi connectivity index (χ0) is 19.4. The highest BCUT2D eigenvalue weighted by atomic mass is 16.6. The van der Waals surface area contributed by atoms with Crippen LogP contribution >= 0.6 is 0 Å². The number of carbonyl (C=O) groups excluding carboxylic acids is 1. The van der Waals surface area contributed by atoms with Crippen molar-refractivity contribution in [3.8, 4) is 11.5 Å². The number of hydrogen-bond donors (Lipinski definition) is 0. The molecular formula is C19H17N3O5. The lowest BCUT2D eigenvalue weighted by Gasteiger charge is -2.05. The van der Waals surface area contributed by atoms with Crippen molar-refractivity contribution in [3.05, 3.63) is 75.2 Å². The van der Waals surface area contributed by atoms with Crippen molar-refractivity contribution in [2.24, 2.45) is 0 Å². The number of aryl methyl sites for hydroxylation is 2. The molecule has 0 unspecified atom stereocenters. The molecule has 8 heteroatoms. The number of rotatable bonds is 6. The molecule has 0 aliphatic carbocycles. The predicted molar refractivity (Wildman–Crippen MR) is 95.8 cm³/mol. The summed E-state index contributed by atoms with van der Waals surface area (Å²) in [4.78, 5) is 22.2. The molecule has 0 spiro atoms. The topological polar surface area (TPSA) is 108 Å². The van der Waals surface area contributed by atoms with Gasteiger partial charge in [0.05, 0.1) is 11.3 Å². The number of hydrogen-bond acceptors (Lipinski definition) is 7. The Morgan fingerprint density at radius 3 is 2.52 bits per heavy atom. The average molecular weight is 367 g/mol. The number of nitro benzene ring substituents is 1. The lowest BCUT2D eigenvalue weighted by molar-refractivity contribution is -0.384. The van der Waals surface area contributed by atoms with Gasteiger partial charge in [-0.25, -0.2) is 0 Å². The Bertz CT molecular complexity index is 979. The van der Waals surface area contributed by atoms with Gasteiger partial charge in [-0.1, -0.05) is 18.2 Å². The van der Waals surface area contributed by atoms with Crippen molar-refractivity contribution >= 4 is 11.7 Å². The van der Waals surface area contributed by atoms with Crippen LogP contribution in [0.2, 0.25) is 0 Å². The Labute approximate surface area is 155 Å². The summed E-state index contributed by atoms with van der Waals surface area (Å²) in [6, 6.07) is 11.5. The van der Waals surface area contributed by atoms with Crippen LogP contribution < -0.4 is 0 Å². The van der Waals surface area contributed by atoms with E-state index in [1.807, 2.05) is 32.0 Å². The molecule has 0 radical (unpaired) electrons. The molecule has 0 aliphatic rings. The van der Waals surface area contributed by atoms with Crippen molar-refractivity contribution in [2.75, 3.05) is 0 Å². The van der Waals surface area contributed by atoms with Crippen molar-refractivity contribution in [2.45, 2.75) is 26.9 Å². The second-order valence-electron chi connectivity index (χ2n) is 6.06. The summed E-state index contributed by atoms with van der Waals surface area (Å²) in [5, 5.41) is 18.4. The van der Waals surface area contributed by atoms with Gasteiger partial charge >= 0.3 is 5.97 Å². The summed E-state index contributed by atoms with van der Waals surface area (Å²) >= 11 is 0. The molecule has 0 amide bonds. The molecule has 0 bridgehead atoms. The minimum atomic E-state index is -0.488. The van der Waals surface area contributed by atoms with Crippen LogP contribution in [-0.4, -0.2) is 21.1 Å². The minimum absolute atomic E-state index is 0.0289. The third kappa shape index (κ3) is 4.55. The van der Waals surface area contributed by atoms with Gasteiger partial charge < -0.3 is 9.15 Å². The van der Waals surface area contributed by atoms with Crippen LogP contribution in [0.3, 0.4) is 0 Å². The summed E-state index contributed by atoms with van der Waals surface area (Å²) in [7, 11) is 0. The van der Waals surface area contributed by atoms with E-state index >= 15 is 0 Å². The first kappa shape index (κ1) is 18.2. The molecule has 0 saturated heterocycles. The van der Waals surface area contributed by atoms with Crippen LogP contribution in [0.15, 0.2) is 46.9 Å². The Morgan fingerprint density at radius 1 is 1.11 bits per heavy atom. The van der Waals surface area contributed by atoms with Gasteiger partial charge in [0, 0.05) is 17.7 Å². The van der Waals surface area contributed by atoms with Crippen LogP contribution in [0.1, 0.15) is 22.6 Å². The van der Waals surface area contributed by atoms with Crippen LogP contribution in [0, 0.1) is 24.0 Å². The molecule has 27 heavy (non-hydrogen) atoms. The van der Waals surface area contributed by atoms with Gasteiger partial charge in [-0.15, -0.1) is 10.2 Å². The van der Waals surface area contributed by atoms with Gasteiger partial charge in [0.15, 0.2) is 6.61 Å². The van der Waals surface area contributed by atoms with Crippen molar-refractivity contribution in [1.29, 1.82) is 0 Å². The van der Waals surface area contributed by atoms with E-state index in [0.717, 1.165) is 16.7 Å². The van der Waals surface area contributed by atoms with E-state index < -0.39 is 10.9 Å². The first-order chi connectivity index (χ1) is 12.9. The van der Waals surface area contributed by atoms with Gasteiger partial charge in [-0.3, -0.25) is 14.9 Å². The van der Waals surface area contributed by atoms with Gasteiger partial charge in [0.2, 0.25) is 5.89 Å². The van der Waals surface area contributed by atoms with E-state index in [-0.39, 0.29) is 30.5 Å². The average Bonchev–Trinajstić information content (AvgIpc) is 3.12. The standard InChI is InChI=1S/C19H17N3O5/c1-12-3-4-14(9-13(12)2)10-18(23)26-11-17-20-21-19(27-17)15-5-7-16(8-6-15)22(24)25/h3-9H,10-11H2,1-2H3. The normalized spacial score (nSPS) is 10.6. The smallest absolute Gasteiger partial charge is 0.310 e. The van der Waals surface area contributed by atoms with Gasteiger partial charge in [0.25, 0.3) is 11.6 Å². The first-order valence-corrected chi connectivity index (χ1v) is 8.21. The maximum atomic E-state index is 12.0. The van der Waals surface area contributed by atoms with Crippen molar-refractivity contribution in [3.63, 3.8) is 0 Å². The largest absolute Gasteiger partial charge is 0.455 e. The quantitative estimate of drug-likeness (QED) is 0.372. The third-order valence-electron chi connectivity index (χ3n) is 4.07. The van der Waals surface area contributed by atoms with Gasteiger partial charge in [-0.05, 0) is 42.7 Å². The van der Waals surface area contributed by atoms with E-state index in [9.17, 15) is 14.9 Å². The molecule has 1 heterocycles. The molecule has 0 aliphatic heterocycles. The first-order valence-electron chi connectivity index (χ1n) is 8.21. The fraction of sp³-hybridized carbons (Fsp3) is 0.211. The van der Waals surface area contributed by atoms with E-state index in [4.69, 9.17) is 9.15 Å². The molecule has 3 aromatic rings. The fourth-order valence-electron chi connectivity index (χ4n) is 2.43. The number of benzene rings is 2. The summed E-state index contributed by atoms with van der Waals surface area (Å²) in [5.41, 5.74) is 3.67. The number of esters is 1. The fourth-order valence-corrected chi connectivity index (χ4v) is 2.43. The van der Waals surface area contributed by atoms with E-state index in [2.05, 4.69) is 10.2 Å². The SMILES string of the molecule is Cc1ccc(CC(=O)OCc2nnc(-c3ccc([N+](=O)[O-])cc3)o2)cc1C. The Kier molecular flexibility index (Phi) is 5.25. The zero-order valence-corrected chi connectivity index (χ0v) is 14.8. The molecule has 0 saturated carbocycles. The lowest BCUT2D eigenvalue weighted by Crippen LogP contribution is -2.08. The van der Waals surface area contributed by atoms with E-state index in [1.54, 1.807) is 0 Å². The highest BCUT2D eigenvalue weighted by molar-refractivity contribution is 5.72. The highest BCUT2D eigenvalue weighted by Gasteiger charge is 2.13. The maximum Gasteiger partial charge on any atom is 0.310 e. The summed E-state index contributed by atoms with van der Waals surface area (Å²) in [5.74, 6) is -0.0461. The lowest BCUT2D eigenvalue weighted by atomic mass is 10.0. The number of nitro groups is 1. The van der Waals surface area contributed by atoms with Crippen LogP contribution in [0.4, 0.5) is 5.69 Å². The monoisotopic (exact) mass is 367 g/mol. The Balaban J connectivity index is 1.58.